The standard InChI is InChI=1S/C18H18N4OS2/c1-11(22-16(20-21-18(22)24)15-7-4-10-25-15)17(23)19-14-9-8-12-5-2-3-6-13(12)14/h2-7,10-11,14H,8-9H2,1H3,(H,19,23)(H,21,24)/t11-,14-/m0/s1. The highest BCUT2D eigenvalue weighted by atomic mass is 32.1. The number of H-pyrrole nitrogens is 1. The largest absolute Gasteiger partial charge is 0.347 e. The number of nitrogens with zero attached hydrogens (tertiary/aromatic N) is 2. The number of aromatic amines is 1. The number of hydrogen-bond donors (Lipinski definition) is 2. The number of fused-ring (bicyclic) bond motifs is 1. The number of thiophene rings is 1. The van der Waals surface area contributed by atoms with Gasteiger partial charge < -0.3 is 5.32 Å². The molecule has 1 amide bonds. The molecule has 2 atom stereocenters. The molecule has 3 aromatic rings. The summed E-state index contributed by atoms with van der Waals surface area (Å²) >= 11 is 6.93. The van der Waals surface area contributed by atoms with E-state index in [0.29, 0.717) is 10.6 Å². The molecule has 1 aromatic carbocycles. The van der Waals surface area contributed by atoms with Gasteiger partial charge in [0.15, 0.2) is 10.6 Å². The molecule has 0 fully saturated rings. The highest BCUT2D eigenvalue weighted by Gasteiger charge is 2.27. The molecule has 128 valence electrons. The first-order valence-corrected chi connectivity index (χ1v) is 9.53. The highest BCUT2D eigenvalue weighted by molar-refractivity contribution is 7.71. The van der Waals surface area contributed by atoms with E-state index >= 15 is 0 Å². The molecule has 0 saturated carbocycles. The van der Waals surface area contributed by atoms with E-state index in [-0.39, 0.29) is 11.9 Å². The van der Waals surface area contributed by atoms with Crippen molar-refractivity contribution in [1.82, 2.24) is 20.1 Å². The maximum Gasteiger partial charge on any atom is 0.243 e. The summed E-state index contributed by atoms with van der Waals surface area (Å²) in [6, 6.07) is 11.9. The molecule has 0 radical (unpaired) electrons. The Hall–Kier alpha value is -2.25. The molecule has 4 rings (SSSR count). The summed E-state index contributed by atoms with van der Waals surface area (Å²) in [4.78, 5) is 13.8. The summed E-state index contributed by atoms with van der Waals surface area (Å²) < 4.78 is 2.25. The third kappa shape index (κ3) is 2.94. The lowest BCUT2D eigenvalue weighted by Gasteiger charge is -2.19. The average Bonchev–Trinajstić information content (AvgIpc) is 3.34. The molecular weight excluding hydrogens is 352 g/mol. The summed E-state index contributed by atoms with van der Waals surface area (Å²) in [7, 11) is 0. The van der Waals surface area contributed by atoms with E-state index in [1.807, 2.05) is 36.6 Å². The molecule has 1 aliphatic carbocycles. The third-order valence-electron chi connectivity index (χ3n) is 4.66. The molecule has 25 heavy (non-hydrogen) atoms. The minimum atomic E-state index is -0.434. The normalized spacial score (nSPS) is 17.2. The predicted octanol–water partition coefficient (Wildman–Crippen LogP) is 4.03. The average molecular weight is 371 g/mol. The molecule has 0 unspecified atom stereocenters. The molecule has 2 N–H and O–H groups in total. The van der Waals surface area contributed by atoms with Crippen LogP contribution in [0.4, 0.5) is 0 Å². The number of nitrogens with one attached hydrogen (secondary N) is 2. The van der Waals surface area contributed by atoms with Crippen molar-refractivity contribution in [3.63, 3.8) is 0 Å². The van der Waals surface area contributed by atoms with Gasteiger partial charge in [-0.1, -0.05) is 30.3 Å². The second-order valence-corrected chi connectivity index (χ2v) is 7.51. The molecule has 5 nitrogen and oxygen atoms in total. The monoisotopic (exact) mass is 370 g/mol. The number of rotatable bonds is 4. The zero-order valence-corrected chi connectivity index (χ0v) is 15.4. The van der Waals surface area contributed by atoms with Crippen LogP contribution in [0.25, 0.3) is 10.7 Å². The fraction of sp³-hybridized carbons (Fsp3) is 0.278. The van der Waals surface area contributed by atoms with Gasteiger partial charge in [-0.05, 0) is 54.6 Å². The Morgan fingerprint density at radius 1 is 1.40 bits per heavy atom. The van der Waals surface area contributed by atoms with Crippen molar-refractivity contribution in [1.29, 1.82) is 0 Å². The van der Waals surface area contributed by atoms with Gasteiger partial charge in [0.2, 0.25) is 5.91 Å². The van der Waals surface area contributed by atoms with Crippen molar-refractivity contribution in [3.8, 4) is 10.7 Å². The van der Waals surface area contributed by atoms with E-state index < -0.39 is 6.04 Å². The quantitative estimate of drug-likeness (QED) is 0.682. The van der Waals surface area contributed by atoms with E-state index in [1.165, 1.54) is 11.1 Å². The van der Waals surface area contributed by atoms with Crippen LogP contribution in [0.1, 0.15) is 36.6 Å². The summed E-state index contributed by atoms with van der Waals surface area (Å²) in [5.41, 5.74) is 2.54. The second-order valence-electron chi connectivity index (χ2n) is 6.17. The topological polar surface area (TPSA) is 62.7 Å². The number of carbonyl (C=O) groups excluding carboxylic acids is 1. The lowest BCUT2D eigenvalue weighted by Crippen LogP contribution is -2.33. The van der Waals surface area contributed by atoms with Crippen LogP contribution in [0.2, 0.25) is 0 Å². The highest BCUT2D eigenvalue weighted by Crippen LogP contribution is 2.31. The lowest BCUT2D eigenvalue weighted by molar-refractivity contribution is -0.124. The summed E-state index contributed by atoms with van der Waals surface area (Å²) in [5.74, 6) is 0.659. The van der Waals surface area contributed by atoms with Crippen molar-refractivity contribution in [3.05, 3.63) is 57.7 Å². The van der Waals surface area contributed by atoms with Gasteiger partial charge >= 0.3 is 0 Å². The summed E-state index contributed by atoms with van der Waals surface area (Å²) in [6.07, 6.45) is 1.94. The van der Waals surface area contributed by atoms with E-state index in [9.17, 15) is 4.79 Å². The number of aromatic nitrogens is 3. The minimum absolute atomic E-state index is 0.0444. The fourth-order valence-corrected chi connectivity index (χ4v) is 4.36. The van der Waals surface area contributed by atoms with E-state index in [1.54, 1.807) is 15.9 Å². The van der Waals surface area contributed by atoms with Crippen LogP contribution in [0.3, 0.4) is 0 Å². The number of benzene rings is 1. The molecule has 2 heterocycles. The van der Waals surface area contributed by atoms with Crippen LogP contribution in [-0.4, -0.2) is 20.7 Å². The predicted molar refractivity (Wildman–Crippen MR) is 101 cm³/mol. The van der Waals surface area contributed by atoms with E-state index in [2.05, 4.69) is 27.6 Å². The van der Waals surface area contributed by atoms with Crippen molar-refractivity contribution in [2.75, 3.05) is 0 Å². The molecule has 0 aliphatic heterocycles. The third-order valence-corrected chi connectivity index (χ3v) is 5.82. The molecular formula is C18H18N4OS2. The zero-order valence-electron chi connectivity index (χ0n) is 13.7. The summed E-state index contributed by atoms with van der Waals surface area (Å²) in [6.45, 7) is 1.86. The molecule has 0 bridgehead atoms. The van der Waals surface area contributed by atoms with E-state index in [4.69, 9.17) is 12.2 Å². The zero-order chi connectivity index (χ0) is 17.4. The van der Waals surface area contributed by atoms with Gasteiger partial charge in [-0.3, -0.25) is 14.5 Å². The SMILES string of the molecule is C[C@@H](C(=O)N[C@H]1CCc2ccccc21)n1c(-c2cccs2)n[nH]c1=S. The molecule has 0 spiro atoms. The van der Waals surface area contributed by atoms with Crippen LogP contribution < -0.4 is 5.32 Å². The summed E-state index contributed by atoms with van der Waals surface area (Å²) in [5, 5.41) is 12.3. The lowest BCUT2D eigenvalue weighted by atomic mass is 10.1. The fourth-order valence-electron chi connectivity index (χ4n) is 3.36. The first-order valence-electron chi connectivity index (χ1n) is 8.24. The number of carbonyl (C=O) groups is 1. The van der Waals surface area contributed by atoms with Gasteiger partial charge in [0.1, 0.15) is 6.04 Å². The smallest absolute Gasteiger partial charge is 0.243 e. The van der Waals surface area contributed by atoms with Crippen LogP contribution >= 0.6 is 23.6 Å². The molecule has 2 aromatic heterocycles. The molecule has 1 aliphatic rings. The maximum atomic E-state index is 12.9. The van der Waals surface area contributed by atoms with Crippen molar-refractivity contribution < 1.29 is 4.79 Å². The molecule has 7 heteroatoms. The Balaban J connectivity index is 1.58. The Labute approximate surface area is 154 Å². The maximum absolute atomic E-state index is 12.9. The van der Waals surface area contributed by atoms with Gasteiger partial charge in [-0.25, -0.2) is 0 Å². The first kappa shape index (κ1) is 16.2. The van der Waals surface area contributed by atoms with Crippen molar-refractivity contribution in [2.45, 2.75) is 31.8 Å². The van der Waals surface area contributed by atoms with Crippen LogP contribution in [0.5, 0.6) is 0 Å². The Morgan fingerprint density at radius 2 is 2.24 bits per heavy atom. The minimum Gasteiger partial charge on any atom is -0.347 e. The number of aryl methyl sites for hydroxylation is 1. The van der Waals surface area contributed by atoms with Crippen molar-refractivity contribution >= 4 is 29.5 Å². The van der Waals surface area contributed by atoms with Crippen LogP contribution in [-0.2, 0) is 11.2 Å². The first-order chi connectivity index (χ1) is 12.1. The Kier molecular flexibility index (Phi) is 4.27. The van der Waals surface area contributed by atoms with Gasteiger partial charge in [-0.2, -0.15) is 5.10 Å². The van der Waals surface area contributed by atoms with Crippen molar-refractivity contribution in [2.24, 2.45) is 0 Å². The number of amides is 1. The van der Waals surface area contributed by atoms with Gasteiger partial charge in [-0.15, -0.1) is 11.3 Å². The van der Waals surface area contributed by atoms with E-state index in [0.717, 1.165) is 17.7 Å². The Morgan fingerprint density at radius 3 is 3.04 bits per heavy atom. The second kappa shape index (κ2) is 6.57. The van der Waals surface area contributed by atoms with Gasteiger partial charge in [0.05, 0.1) is 10.9 Å². The van der Waals surface area contributed by atoms with Crippen LogP contribution in [0.15, 0.2) is 41.8 Å². The number of hydrogen-bond acceptors (Lipinski definition) is 4. The van der Waals surface area contributed by atoms with Gasteiger partial charge in [0.25, 0.3) is 0 Å². The van der Waals surface area contributed by atoms with Crippen LogP contribution in [0, 0.1) is 4.77 Å². The Bertz CT molecular complexity index is 958. The molecule has 0 saturated heterocycles. The van der Waals surface area contributed by atoms with Gasteiger partial charge in [0, 0.05) is 0 Å².